The number of nitrogens with two attached hydrogens (primary N) is 1. The van der Waals surface area contributed by atoms with Gasteiger partial charge in [0.05, 0.1) is 0 Å². The van der Waals surface area contributed by atoms with Crippen molar-refractivity contribution in [2.75, 3.05) is 6.61 Å². The van der Waals surface area contributed by atoms with E-state index in [1.807, 2.05) is 18.2 Å². The molecule has 0 spiro atoms. The predicted molar refractivity (Wildman–Crippen MR) is 145 cm³/mol. The lowest BCUT2D eigenvalue weighted by atomic mass is 10.0. The molecule has 1 heterocycles. The fraction of sp³-hybridized carbons (Fsp3) is 0.357. The molecule has 0 amide bonds. The van der Waals surface area contributed by atoms with E-state index in [4.69, 9.17) is 14.9 Å². The number of ether oxygens (including phenoxy) is 1. The maximum atomic E-state index is 6.57. The topological polar surface area (TPSA) is 44.5 Å². The molecule has 2 N–H and O–H groups in total. The van der Waals surface area contributed by atoms with Crippen LogP contribution in [-0.2, 0) is 11.0 Å². The molecular weight excluding hydrogens is 442 g/mol. The first kappa shape index (κ1) is 25.4. The van der Waals surface area contributed by atoms with Crippen molar-refractivity contribution in [3.63, 3.8) is 0 Å². The number of rotatable bonds is 10. The minimum Gasteiger partial charge on any atom is -0.488 e. The lowest BCUT2D eigenvalue weighted by Gasteiger charge is -2.36. The predicted octanol–water partition coefficient (Wildman–Crippen LogP) is 7.91. The maximum Gasteiger partial charge on any atom is 0.191 e. The Morgan fingerprint density at radius 2 is 1.76 bits per heavy atom. The van der Waals surface area contributed by atoms with Crippen LogP contribution in [0, 0.1) is 0 Å². The van der Waals surface area contributed by atoms with Crippen LogP contribution >= 0.6 is 11.3 Å². The Morgan fingerprint density at radius 1 is 1.00 bits per heavy atom. The summed E-state index contributed by atoms with van der Waals surface area (Å²) in [5.41, 5.74) is 9.84. The minimum absolute atomic E-state index is 0.0934. The van der Waals surface area contributed by atoms with Crippen molar-refractivity contribution in [2.45, 2.75) is 58.0 Å². The molecular formula is C28H37NO2SSi. The van der Waals surface area contributed by atoms with Gasteiger partial charge in [-0.3, -0.25) is 0 Å². The third-order valence-electron chi connectivity index (χ3n) is 6.37. The van der Waals surface area contributed by atoms with E-state index in [-0.39, 0.29) is 11.1 Å². The highest BCUT2D eigenvalue weighted by Gasteiger charge is 2.36. The van der Waals surface area contributed by atoms with Crippen molar-refractivity contribution >= 4 is 31.8 Å². The van der Waals surface area contributed by atoms with Crippen LogP contribution in [-0.4, -0.2) is 14.9 Å². The van der Waals surface area contributed by atoms with Crippen LogP contribution in [0.3, 0.4) is 0 Å². The lowest BCUT2D eigenvalue weighted by Crippen LogP contribution is -2.41. The van der Waals surface area contributed by atoms with Gasteiger partial charge < -0.3 is 14.9 Å². The zero-order chi connectivity index (χ0) is 23.9. The van der Waals surface area contributed by atoms with Crippen molar-refractivity contribution in [3.8, 4) is 5.75 Å². The van der Waals surface area contributed by atoms with Gasteiger partial charge in [-0.1, -0.05) is 69.3 Å². The van der Waals surface area contributed by atoms with Crippen LogP contribution in [0.5, 0.6) is 5.75 Å². The molecule has 0 aliphatic rings. The Bertz CT molecular complexity index is 1020. The summed E-state index contributed by atoms with van der Waals surface area (Å²) in [4.78, 5) is 1.22. The van der Waals surface area contributed by atoms with Crippen molar-refractivity contribution in [1.82, 2.24) is 0 Å². The van der Waals surface area contributed by atoms with E-state index >= 15 is 0 Å². The van der Waals surface area contributed by atoms with E-state index in [0.29, 0.717) is 13.2 Å². The molecule has 5 heteroatoms. The smallest absolute Gasteiger partial charge is 0.191 e. The van der Waals surface area contributed by atoms with Gasteiger partial charge in [-0.25, -0.2) is 0 Å². The number of hydrogen-bond acceptors (Lipinski definition) is 4. The molecule has 0 saturated heterocycles. The second-order valence-electron chi connectivity index (χ2n) is 9.92. The third kappa shape index (κ3) is 7.41. The molecule has 0 fully saturated rings. The van der Waals surface area contributed by atoms with Gasteiger partial charge in [0.25, 0.3) is 0 Å². The van der Waals surface area contributed by atoms with Gasteiger partial charge >= 0.3 is 0 Å². The minimum atomic E-state index is -1.77. The molecule has 1 aromatic heterocycles. The van der Waals surface area contributed by atoms with Gasteiger partial charge in [-0.2, -0.15) is 0 Å². The van der Waals surface area contributed by atoms with Crippen LogP contribution in [0.1, 0.15) is 54.8 Å². The van der Waals surface area contributed by atoms with E-state index in [2.05, 4.69) is 93.9 Å². The van der Waals surface area contributed by atoms with Crippen LogP contribution < -0.4 is 10.5 Å². The van der Waals surface area contributed by atoms with Gasteiger partial charge in [0.2, 0.25) is 0 Å². The highest BCUT2D eigenvalue weighted by atomic mass is 32.1. The fourth-order valence-corrected chi connectivity index (χ4v) is 4.84. The van der Waals surface area contributed by atoms with Crippen molar-refractivity contribution in [1.29, 1.82) is 0 Å². The van der Waals surface area contributed by atoms with Gasteiger partial charge in [0.1, 0.15) is 12.4 Å². The van der Waals surface area contributed by atoms with E-state index < -0.39 is 8.32 Å². The first-order chi connectivity index (χ1) is 15.7. The van der Waals surface area contributed by atoms with E-state index in [1.165, 1.54) is 4.88 Å². The molecule has 0 aliphatic heterocycles. The van der Waals surface area contributed by atoms with Crippen molar-refractivity contribution < 1.29 is 9.16 Å². The van der Waals surface area contributed by atoms with Gasteiger partial charge in [-0.15, -0.1) is 11.3 Å². The summed E-state index contributed by atoms with van der Waals surface area (Å²) in [6.45, 7) is 12.5. The Hall–Kier alpha value is -2.18. The SMILES string of the molecule is CC(C)(C)[Si](C)(C)OCCC(N)c1ccc(/C=C/c2cccs2)c(OCc2ccccc2)c1. The summed E-state index contributed by atoms with van der Waals surface area (Å²) in [5.74, 6) is 0.852. The normalized spacial score (nSPS) is 13.4. The summed E-state index contributed by atoms with van der Waals surface area (Å²) in [5, 5.41) is 2.28. The van der Waals surface area contributed by atoms with Crippen LogP contribution in [0.25, 0.3) is 12.2 Å². The monoisotopic (exact) mass is 479 g/mol. The Balaban J connectivity index is 1.73. The van der Waals surface area contributed by atoms with E-state index in [0.717, 1.165) is 28.9 Å². The number of benzene rings is 2. The van der Waals surface area contributed by atoms with Gasteiger partial charge in [-0.05, 0) is 65.3 Å². The zero-order valence-corrected chi connectivity index (χ0v) is 22.3. The molecule has 33 heavy (non-hydrogen) atoms. The molecule has 0 radical (unpaired) electrons. The summed E-state index contributed by atoms with van der Waals surface area (Å²) >= 11 is 1.72. The first-order valence-corrected chi connectivity index (χ1v) is 15.4. The third-order valence-corrected chi connectivity index (χ3v) is 11.7. The molecule has 0 saturated carbocycles. The van der Waals surface area contributed by atoms with Crippen molar-refractivity contribution in [2.24, 2.45) is 5.73 Å². The molecule has 3 nitrogen and oxygen atoms in total. The van der Waals surface area contributed by atoms with Crippen LogP contribution in [0.4, 0.5) is 0 Å². The summed E-state index contributed by atoms with van der Waals surface area (Å²) in [6, 6.07) is 20.6. The highest BCUT2D eigenvalue weighted by Crippen LogP contribution is 2.37. The second kappa shape index (κ2) is 11.3. The Morgan fingerprint density at radius 3 is 2.42 bits per heavy atom. The zero-order valence-electron chi connectivity index (χ0n) is 20.5. The highest BCUT2D eigenvalue weighted by molar-refractivity contribution is 7.10. The number of hydrogen-bond donors (Lipinski definition) is 1. The Kier molecular flexibility index (Phi) is 8.71. The summed E-state index contributed by atoms with van der Waals surface area (Å²) in [7, 11) is -1.77. The molecule has 3 aromatic rings. The molecule has 1 unspecified atom stereocenters. The molecule has 1 atom stereocenters. The second-order valence-corrected chi connectivity index (χ2v) is 15.7. The number of thiophene rings is 1. The Labute approximate surface area is 204 Å². The quantitative estimate of drug-likeness (QED) is 0.300. The fourth-order valence-electron chi connectivity index (χ4n) is 3.16. The molecule has 0 aliphatic carbocycles. The van der Waals surface area contributed by atoms with Gasteiger partial charge in [0, 0.05) is 23.1 Å². The maximum absolute atomic E-state index is 6.57. The van der Waals surface area contributed by atoms with Crippen LogP contribution in [0.15, 0.2) is 66.0 Å². The standard InChI is InChI=1S/C28H37NO2SSi/c1-28(2,3)33(4,5)31-18-17-26(29)24-14-13-23(15-16-25-12-9-19-32-25)27(20-24)30-21-22-10-7-6-8-11-22/h6-16,19-20,26H,17-18,21,29H2,1-5H3/b16-15+. The average molecular weight is 480 g/mol. The summed E-state index contributed by atoms with van der Waals surface area (Å²) in [6.07, 6.45) is 5.03. The van der Waals surface area contributed by atoms with E-state index in [1.54, 1.807) is 11.3 Å². The van der Waals surface area contributed by atoms with E-state index in [9.17, 15) is 0 Å². The largest absolute Gasteiger partial charge is 0.488 e. The molecule has 176 valence electrons. The molecule has 0 bridgehead atoms. The van der Waals surface area contributed by atoms with Crippen LogP contribution in [0.2, 0.25) is 18.1 Å². The lowest BCUT2D eigenvalue weighted by molar-refractivity contribution is 0.271. The average Bonchev–Trinajstić information content (AvgIpc) is 3.30. The van der Waals surface area contributed by atoms with Crippen molar-refractivity contribution in [3.05, 3.63) is 87.6 Å². The van der Waals surface area contributed by atoms with Gasteiger partial charge in [0.15, 0.2) is 8.32 Å². The molecule has 2 aromatic carbocycles. The first-order valence-electron chi connectivity index (χ1n) is 11.6. The summed E-state index contributed by atoms with van der Waals surface area (Å²) < 4.78 is 12.6. The molecule has 3 rings (SSSR count).